The zero-order valence-corrected chi connectivity index (χ0v) is 11.7. The van der Waals surface area contributed by atoms with Crippen molar-refractivity contribution in [3.05, 3.63) is 29.3 Å². The van der Waals surface area contributed by atoms with Gasteiger partial charge in [-0.2, -0.15) is 0 Å². The first-order valence-corrected chi connectivity index (χ1v) is 6.85. The van der Waals surface area contributed by atoms with Gasteiger partial charge in [-0.15, -0.1) is 0 Å². The molecule has 0 aliphatic carbocycles. The molecule has 0 saturated carbocycles. The topological polar surface area (TPSA) is 24.5 Å². The fourth-order valence-corrected chi connectivity index (χ4v) is 2.82. The smallest absolute Gasteiger partial charge is 0.119 e. The molecule has 1 saturated heterocycles. The number of methoxy groups -OCH3 is 1. The average molecular weight is 248 g/mol. The molecule has 100 valence electrons. The summed E-state index contributed by atoms with van der Waals surface area (Å²) in [4.78, 5) is 2.59. The maximum absolute atomic E-state index is 5.29. The highest BCUT2D eigenvalue weighted by Crippen LogP contribution is 2.29. The molecular formula is C15H24N2O. The summed E-state index contributed by atoms with van der Waals surface area (Å²) in [6, 6.07) is 6.98. The minimum absolute atomic E-state index is 0.540. The molecular weight excluding hydrogens is 224 g/mol. The molecule has 0 amide bonds. The summed E-state index contributed by atoms with van der Waals surface area (Å²) in [6.45, 7) is 8.95. The van der Waals surface area contributed by atoms with Crippen LogP contribution in [0.3, 0.4) is 0 Å². The molecule has 0 radical (unpaired) electrons. The van der Waals surface area contributed by atoms with Gasteiger partial charge in [0, 0.05) is 32.2 Å². The van der Waals surface area contributed by atoms with E-state index in [1.165, 1.54) is 11.1 Å². The number of hydrogen-bond donors (Lipinski definition) is 1. The molecule has 18 heavy (non-hydrogen) atoms. The Balaban J connectivity index is 2.20. The largest absolute Gasteiger partial charge is 0.497 e. The summed E-state index contributed by atoms with van der Waals surface area (Å²) < 4.78 is 5.29. The summed E-state index contributed by atoms with van der Waals surface area (Å²) in [6.07, 6.45) is 1.16. The van der Waals surface area contributed by atoms with E-state index in [2.05, 4.69) is 42.3 Å². The van der Waals surface area contributed by atoms with Crippen LogP contribution < -0.4 is 10.1 Å². The third-order valence-electron chi connectivity index (χ3n) is 3.82. The molecule has 0 unspecified atom stereocenters. The third-order valence-corrected chi connectivity index (χ3v) is 3.82. The van der Waals surface area contributed by atoms with Gasteiger partial charge in [0.15, 0.2) is 0 Å². The molecule has 1 aliphatic rings. The van der Waals surface area contributed by atoms with Crippen LogP contribution in [0.25, 0.3) is 0 Å². The van der Waals surface area contributed by atoms with Crippen molar-refractivity contribution in [3.63, 3.8) is 0 Å². The van der Waals surface area contributed by atoms with E-state index < -0.39 is 0 Å². The van der Waals surface area contributed by atoms with Crippen molar-refractivity contribution in [1.29, 1.82) is 0 Å². The summed E-state index contributed by atoms with van der Waals surface area (Å²) in [5.74, 6) is 0.950. The van der Waals surface area contributed by atoms with Crippen LogP contribution in [0.5, 0.6) is 5.75 Å². The summed E-state index contributed by atoms with van der Waals surface area (Å²) in [5, 5.41) is 3.42. The van der Waals surface area contributed by atoms with Crippen LogP contribution in [0.2, 0.25) is 0 Å². The highest BCUT2D eigenvalue weighted by Gasteiger charge is 2.21. The van der Waals surface area contributed by atoms with Crippen LogP contribution in [0.15, 0.2) is 18.2 Å². The monoisotopic (exact) mass is 248 g/mol. The highest BCUT2D eigenvalue weighted by atomic mass is 16.5. The predicted molar refractivity (Wildman–Crippen MR) is 75.2 cm³/mol. The Bertz CT molecular complexity index is 386. The number of rotatable bonds is 4. The SMILES string of the molecule is CC[C@@H](c1ccc(OC)cc1C)N1CCNCC1. The first kappa shape index (κ1) is 13.4. The van der Waals surface area contributed by atoms with E-state index in [1.54, 1.807) is 7.11 Å². The molecule has 3 nitrogen and oxygen atoms in total. The van der Waals surface area contributed by atoms with Crippen LogP contribution >= 0.6 is 0 Å². The number of nitrogens with zero attached hydrogens (tertiary/aromatic N) is 1. The van der Waals surface area contributed by atoms with Crippen molar-refractivity contribution < 1.29 is 4.74 Å². The van der Waals surface area contributed by atoms with Gasteiger partial charge < -0.3 is 10.1 Å². The molecule has 1 aliphatic heterocycles. The Morgan fingerprint density at radius 2 is 2.06 bits per heavy atom. The zero-order chi connectivity index (χ0) is 13.0. The Kier molecular flexibility index (Phi) is 4.61. The molecule has 0 spiro atoms. The predicted octanol–water partition coefficient (Wildman–Crippen LogP) is 2.36. The van der Waals surface area contributed by atoms with E-state index in [-0.39, 0.29) is 0 Å². The number of piperazine rings is 1. The second-order valence-electron chi connectivity index (χ2n) is 4.93. The molecule has 1 N–H and O–H groups in total. The summed E-state index contributed by atoms with van der Waals surface area (Å²) >= 11 is 0. The fourth-order valence-electron chi connectivity index (χ4n) is 2.82. The van der Waals surface area contributed by atoms with Gasteiger partial charge in [0.1, 0.15) is 5.75 Å². The van der Waals surface area contributed by atoms with Gasteiger partial charge in [0.25, 0.3) is 0 Å². The van der Waals surface area contributed by atoms with E-state index >= 15 is 0 Å². The highest BCUT2D eigenvalue weighted by molar-refractivity contribution is 5.36. The zero-order valence-electron chi connectivity index (χ0n) is 11.7. The minimum atomic E-state index is 0.540. The standard InChI is InChI=1S/C15H24N2O/c1-4-15(17-9-7-16-8-10-17)14-6-5-13(18-3)11-12(14)2/h5-6,11,15-16H,4,7-10H2,1-3H3/t15-/m0/s1. The van der Waals surface area contributed by atoms with Crippen LogP contribution in [0.4, 0.5) is 0 Å². The second kappa shape index (κ2) is 6.21. The maximum Gasteiger partial charge on any atom is 0.119 e. The van der Waals surface area contributed by atoms with E-state index in [1.807, 2.05) is 0 Å². The first-order chi connectivity index (χ1) is 8.76. The Morgan fingerprint density at radius 3 is 2.61 bits per heavy atom. The van der Waals surface area contributed by atoms with Gasteiger partial charge in [-0.25, -0.2) is 0 Å². The van der Waals surface area contributed by atoms with Crippen molar-refractivity contribution in [1.82, 2.24) is 10.2 Å². The number of ether oxygens (including phenoxy) is 1. The number of nitrogens with one attached hydrogen (secondary N) is 1. The minimum Gasteiger partial charge on any atom is -0.497 e. The Labute approximate surface area is 110 Å². The lowest BCUT2D eigenvalue weighted by atomic mass is 9.97. The molecule has 3 heteroatoms. The summed E-state index contributed by atoms with van der Waals surface area (Å²) in [7, 11) is 1.72. The van der Waals surface area contributed by atoms with Gasteiger partial charge in [-0.1, -0.05) is 13.0 Å². The molecule has 0 bridgehead atoms. The van der Waals surface area contributed by atoms with E-state index in [4.69, 9.17) is 4.74 Å². The lowest BCUT2D eigenvalue weighted by molar-refractivity contribution is 0.169. The van der Waals surface area contributed by atoms with Crippen molar-refractivity contribution in [2.24, 2.45) is 0 Å². The second-order valence-corrected chi connectivity index (χ2v) is 4.93. The summed E-state index contributed by atoms with van der Waals surface area (Å²) in [5.41, 5.74) is 2.78. The van der Waals surface area contributed by atoms with Crippen molar-refractivity contribution >= 4 is 0 Å². The lowest BCUT2D eigenvalue weighted by Gasteiger charge is -2.35. The van der Waals surface area contributed by atoms with Crippen LogP contribution in [-0.4, -0.2) is 38.2 Å². The van der Waals surface area contributed by atoms with E-state index in [0.29, 0.717) is 6.04 Å². The van der Waals surface area contributed by atoms with Gasteiger partial charge in [-0.05, 0) is 36.6 Å². The van der Waals surface area contributed by atoms with Crippen molar-refractivity contribution in [2.75, 3.05) is 33.3 Å². The van der Waals surface area contributed by atoms with Crippen LogP contribution in [-0.2, 0) is 0 Å². The van der Waals surface area contributed by atoms with Crippen LogP contribution in [0, 0.1) is 6.92 Å². The molecule has 0 aromatic heterocycles. The molecule has 1 aromatic rings. The Hall–Kier alpha value is -1.06. The lowest BCUT2D eigenvalue weighted by Crippen LogP contribution is -2.45. The maximum atomic E-state index is 5.29. The van der Waals surface area contributed by atoms with Crippen molar-refractivity contribution in [2.45, 2.75) is 26.3 Å². The normalized spacial score (nSPS) is 18.6. The molecule has 2 rings (SSSR count). The Morgan fingerprint density at radius 1 is 1.33 bits per heavy atom. The number of aryl methyl sites for hydroxylation is 1. The van der Waals surface area contributed by atoms with E-state index in [9.17, 15) is 0 Å². The van der Waals surface area contributed by atoms with Gasteiger partial charge in [-0.3, -0.25) is 4.90 Å². The molecule has 1 heterocycles. The molecule has 1 atom stereocenters. The number of benzene rings is 1. The molecule has 1 fully saturated rings. The fraction of sp³-hybridized carbons (Fsp3) is 0.600. The van der Waals surface area contributed by atoms with E-state index in [0.717, 1.165) is 38.3 Å². The van der Waals surface area contributed by atoms with Crippen molar-refractivity contribution in [3.8, 4) is 5.75 Å². The van der Waals surface area contributed by atoms with Gasteiger partial charge >= 0.3 is 0 Å². The van der Waals surface area contributed by atoms with Crippen LogP contribution in [0.1, 0.15) is 30.5 Å². The molecule has 1 aromatic carbocycles. The van der Waals surface area contributed by atoms with Gasteiger partial charge in [0.2, 0.25) is 0 Å². The first-order valence-electron chi connectivity index (χ1n) is 6.85. The third kappa shape index (κ3) is 2.85. The van der Waals surface area contributed by atoms with Gasteiger partial charge in [0.05, 0.1) is 7.11 Å². The quantitative estimate of drug-likeness (QED) is 0.885. The average Bonchev–Trinajstić information content (AvgIpc) is 2.42. The number of hydrogen-bond acceptors (Lipinski definition) is 3.